The first-order chi connectivity index (χ1) is 20.1. The molecule has 0 fully saturated rings. The van der Waals surface area contributed by atoms with E-state index in [9.17, 15) is 26.8 Å². The minimum absolute atomic E-state index is 0.0241. The quantitative estimate of drug-likeness (QED) is 0.195. The number of anilines is 2. The van der Waals surface area contributed by atoms with Crippen LogP contribution in [-0.2, 0) is 19.6 Å². The Morgan fingerprint density at radius 2 is 1.43 bits per heavy atom. The number of sulfonamides is 1. The number of nitrogens with one attached hydrogen (secondary N) is 2. The van der Waals surface area contributed by atoms with Gasteiger partial charge in [-0.3, -0.25) is 13.9 Å². The predicted octanol–water partition coefficient (Wildman–Crippen LogP) is 4.64. The molecular formula is C30H26F2N4O5S. The van der Waals surface area contributed by atoms with Crippen molar-refractivity contribution in [2.45, 2.75) is 11.8 Å². The minimum atomic E-state index is -4.15. The van der Waals surface area contributed by atoms with Crippen LogP contribution in [0.5, 0.6) is 5.75 Å². The summed E-state index contributed by atoms with van der Waals surface area (Å²) in [5, 5.41) is 6.47. The van der Waals surface area contributed by atoms with Gasteiger partial charge >= 0.3 is 0 Å². The molecule has 0 saturated carbocycles. The van der Waals surface area contributed by atoms with Crippen molar-refractivity contribution in [3.63, 3.8) is 0 Å². The number of hydrazone groups is 1. The van der Waals surface area contributed by atoms with Gasteiger partial charge in [-0.05, 0) is 97.4 Å². The van der Waals surface area contributed by atoms with Gasteiger partial charge < -0.3 is 10.1 Å². The highest BCUT2D eigenvalue weighted by molar-refractivity contribution is 7.92. The highest BCUT2D eigenvalue weighted by Crippen LogP contribution is 2.24. The van der Waals surface area contributed by atoms with Crippen molar-refractivity contribution in [1.82, 2.24) is 5.43 Å². The molecule has 4 rings (SSSR count). The second-order valence-corrected chi connectivity index (χ2v) is 10.9. The van der Waals surface area contributed by atoms with Crippen LogP contribution in [0, 0.1) is 18.6 Å². The third-order valence-electron chi connectivity index (χ3n) is 5.79. The molecular weight excluding hydrogens is 566 g/mol. The third kappa shape index (κ3) is 8.21. The average Bonchev–Trinajstić information content (AvgIpc) is 2.97. The summed E-state index contributed by atoms with van der Waals surface area (Å²) in [7, 11) is -4.15. The fourth-order valence-electron chi connectivity index (χ4n) is 3.63. The van der Waals surface area contributed by atoms with Crippen LogP contribution in [0.4, 0.5) is 20.2 Å². The highest BCUT2D eigenvalue weighted by Gasteiger charge is 2.27. The van der Waals surface area contributed by atoms with Gasteiger partial charge in [0.15, 0.2) is 6.61 Å². The molecule has 0 aliphatic heterocycles. The molecule has 4 aromatic rings. The van der Waals surface area contributed by atoms with Crippen LogP contribution >= 0.6 is 0 Å². The number of benzene rings is 4. The topological polar surface area (TPSA) is 117 Å². The largest absolute Gasteiger partial charge is 0.484 e. The lowest BCUT2D eigenvalue weighted by Crippen LogP contribution is -2.39. The van der Waals surface area contributed by atoms with Gasteiger partial charge in [0.25, 0.3) is 21.8 Å². The van der Waals surface area contributed by atoms with E-state index >= 15 is 0 Å². The van der Waals surface area contributed by atoms with Gasteiger partial charge in [0.2, 0.25) is 0 Å². The molecule has 2 amide bonds. The molecule has 0 heterocycles. The van der Waals surface area contributed by atoms with Gasteiger partial charge in [0.05, 0.1) is 16.8 Å². The van der Waals surface area contributed by atoms with E-state index in [-0.39, 0.29) is 17.2 Å². The Morgan fingerprint density at radius 1 is 0.833 bits per heavy atom. The average molecular weight is 593 g/mol. The molecule has 0 unspecified atom stereocenters. The van der Waals surface area contributed by atoms with E-state index in [1.54, 1.807) is 36.4 Å². The summed E-state index contributed by atoms with van der Waals surface area (Å²) in [5.41, 5.74) is 4.29. The minimum Gasteiger partial charge on any atom is -0.484 e. The number of hydrogen-bond donors (Lipinski definition) is 2. The van der Waals surface area contributed by atoms with Gasteiger partial charge in [0, 0.05) is 5.69 Å². The molecule has 4 aromatic carbocycles. The Hall–Kier alpha value is -5.10. The molecule has 0 saturated heterocycles. The van der Waals surface area contributed by atoms with Gasteiger partial charge in [0.1, 0.15) is 23.9 Å². The molecule has 42 heavy (non-hydrogen) atoms. The van der Waals surface area contributed by atoms with Crippen molar-refractivity contribution in [2.75, 3.05) is 22.8 Å². The van der Waals surface area contributed by atoms with Gasteiger partial charge in [-0.15, -0.1) is 0 Å². The number of aryl methyl sites for hydroxylation is 1. The second-order valence-electron chi connectivity index (χ2n) is 9.01. The number of nitrogens with zero attached hydrogens (tertiary/aromatic N) is 2. The second kappa shape index (κ2) is 13.5. The van der Waals surface area contributed by atoms with Gasteiger partial charge in [-0.2, -0.15) is 5.10 Å². The zero-order chi connectivity index (χ0) is 30.1. The summed E-state index contributed by atoms with van der Waals surface area (Å²) >= 11 is 0. The maximum atomic E-state index is 13.5. The summed E-state index contributed by atoms with van der Waals surface area (Å²) in [6.45, 7) is 0.944. The maximum Gasteiger partial charge on any atom is 0.264 e. The third-order valence-corrected chi connectivity index (χ3v) is 7.58. The Kier molecular flexibility index (Phi) is 9.61. The van der Waals surface area contributed by atoms with Crippen LogP contribution in [0.15, 0.2) is 107 Å². The summed E-state index contributed by atoms with van der Waals surface area (Å²) in [4.78, 5) is 24.7. The molecule has 0 atom stereocenters. The van der Waals surface area contributed by atoms with Crippen molar-refractivity contribution >= 4 is 39.4 Å². The number of rotatable bonds is 11. The lowest BCUT2D eigenvalue weighted by atomic mass is 10.2. The molecule has 0 spiro atoms. The first-order valence-corrected chi connectivity index (χ1v) is 14.0. The van der Waals surface area contributed by atoms with E-state index in [4.69, 9.17) is 4.74 Å². The Morgan fingerprint density at radius 3 is 2.05 bits per heavy atom. The molecule has 0 bridgehead atoms. The van der Waals surface area contributed by atoms with Crippen LogP contribution in [0.3, 0.4) is 0 Å². The van der Waals surface area contributed by atoms with Gasteiger partial charge in [-0.25, -0.2) is 22.6 Å². The van der Waals surface area contributed by atoms with E-state index in [1.807, 2.05) is 6.92 Å². The van der Waals surface area contributed by atoms with Crippen molar-refractivity contribution in [1.29, 1.82) is 0 Å². The fourth-order valence-corrected chi connectivity index (χ4v) is 5.05. The van der Waals surface area contributed by atoms with E-state index in [1.165, 1.54) is 54.7 Å². The first-order valence-electron chi connectivity index (χ1n) is 12.6. The number of hydrogen-bond acceptors (Lipinski definition) is 6. The van der Waals surface area contributed by atoms with Crippen LogP contribution in [-0.4, -0.2) is 39.6 Å². The SMILES string of the molecule is Cc1ccc(S(=O)(=O)N(CC(=O)N/N=C\c2ccc(OCC(=O)Nc3ccc(F)cc3)cc2)c2ccc(F)cc2)cc1. The van der Waals surface area contributed by atoms with Crippen molar-refractivity contribution < 1.29 is 31.5 Å². The maximum absolute atomic E-state index is 13.5. The van der Waals surface area contributed by atoms with E-state index in [2.05, 4.69) is 15.8 Å². The van der Waals surface area contributed by atoms with E-state index in [0.717, 1.165) is 22.0 Å². The monoisotopic (exact) mass is 592 g/mol. The Labute approximate surface area is 241 Å². The number of ether oxygens (including phenoxy) is 1. The summed E-state index contributed by atoms with van der Waals surface area (Å²) < 4.78 is 59.5. The van der Waals surface area contributed by atoms with E-state index in [0.29, 0.717) is 17.0 Å². The standard InChI is InChI=1S/C30H26F2N4O5S/c1-21-2-16-28(17-3-21)42(39,40)36(26-12-8-24(32)9-13-26)19-29(37)35-33-18-22-4-14-27(15-5-22)41-20-30(38)34-25-10-6-23(31)7-11-25/h2-18H,19-20H2,1H3,(H,34,38)(H,35,37)/b33-18-. The van der Waals surface area contributed by atoms with Crippen LogP contribution in [0.25, 0.3) is 0 Å². The Bertz CT molecular complexity index is 1660. The summed E-state index contributed by atoms with van der Waals surface area (Å²) in [6, 6.07) is 22.7. The highest BCUT2D eigenvalue weighted by atomic mass is 32.2. The van der Waals surface area contributed by atoms with Crippen molar-refractivity contribution in [3.05, 3.63) is 120 Å². The number of carbonyl (C=O) groups excluding carboxylic acids is 2. The summed E-state index contributed by atoms with van der Waals surface area (Å²) in [5.74, 6) is -1.70. The van der Waals surface area contributed by atoms with Crippen LogP contribution < -0.4 is 19.8 Å². The van der Waals surface area contributed by atoms with Crippen LogP contribution in [0.2, 0.25) is 0 Å². The molecule has 2 N–H and O–H groups in total. The first kappa shape index (κ1) is 29.9. The van der Waals surface area contributed by atoms with Gasteiger partial charge in [-0.1, -0.05) is 17.7 Å². The van der Waals surface area contributed by atoms with Crippen LogP contribution in [0.1, 0.15) is 11.1 Å². The molecule has 9 nitrogen and oxygen atoms in total. The number of amides is 2. The molecule has 12 heteroatoms. The normalized spacial score (nSPS) is 11.2. The zero-order valence-corrected chi connectivity index (χ0v) is 23.1. The predicted molar refractivity (Wildman–Crippen MR) is 155 cm³/mol. The number of halogens is 2. The lowest BCUT2D eigenvalue weighted by molar-refractivity contribution is -0.119. The zero-order valence-electron chi connectivity index (χ0n) is 22.3. The van der Waals surface area contributed by atoms with Crippen molar-refractivity contribution in [2.24, 2.45) is 5.10 Å². The lowest BCUT2D eigenvalue weighted by Gasteiger charge is -2.23. The Balaban J connectivity index is 1.34. The molecule has 0 radical (unpaired) electrons. The fraction of sp³-hybridized carbons (Fsp3) is 0.100. The smallest absolute Gasteiger partial charge is 0.264 e. The molecule has 0 aliphatic carbocycles. The van der Waals surface area contributed by atoms with E-state index < -0.39 is 40.0 Å². The van der Waals surface area contributed by atoms with Crippen molar-refractivity contribution in [3.8, 4) is 5.75 Å². The molecule has 0 aromatic heterocycles. The summed E-state index contributed by atoms with van der Waals surface area (Å²) in [6.07, 6.45) is 1.35. The molecule has 216 valence electrons. The molecule has 0 aliphatic rings. The number of carbonyl (C=O) groups is 2.